The maximum absolute atomic E-state index is 13.7. The maximum atomic E-state index is 13.7. The number of halogens is 3. The van der Waals surface area contributed by atoms with Crippen LogP contribution in [0.3, 0.4) is 0 Å². The minimum absolute atomic E-state index is 0.0621. The maximum Gasteiger partial charge on any atom is 0.416 e. The zero-order valence-electron chi connectivity index (χ0n) is 23.4. The number of urea groups is 1. The minimum atomic E-state index is -4.70. The molecule has 41 heavy (non-hydrogen) atoms. The normalized spacial score (nSPS) is 18.1. The Morgan fingerprint density at radius 2 is 1.68 bits per heavy atom. The Morgan fingerprint density at radius 3 is 2.29 bits per heavy atom. The van der Waals surface area contributed by atoms with Gasteiger partial charge < -0.3 is 15.5 Å². The van der Waals surface area contributed by atoms with E-state index in [1.165, 1.54) is 6.07 Å². The second kappa shape index (κ2) is 13.2. The van der Waals surface area contributed by atoms with Crippen LogP contribution in [-0.4, -0.2) is 42.7 Å². The lowest BCUT2D eigenvalue weighted by Crippen LogP contribution is -2.43. The molecule has 0 aliphatic heterocycles. The lowest BCUT2D eigenvalue weighted by molar-refractivity contribution is -0.787. The highest BCUT2D eigenvalue weighted by molar-refractivity contribution is 6.00. The van der Waals surface area contributed by atoms with Crippen molar-refractivity contribution in [1.29, 1.82) is 0 Å². The molecule has 0 radical (unpaired) electrons. The number of hydrogen-bond acceptors (Lipinski definition) is 5. The summed E-state index contributed by atoms with van der Waals surface area (Å²) in [4.78, 5) is 27.8. The number of anilines is 3. The van der Waals surface area contributed by atoms with Crippen LogP contribution >= 0.6 is 0 Å². The van der Waals surface area contributed by atoms with Crippen LogP contribution in [0.4, 0.5) is 35.2 Å². The SMILES string of the molecule is CCC(C(=O)Nc1cc(NC(=O)Nc2c[n+](C3CCC(CN(C)C)CC3)no2)cc(C(F)(F)F)c1)c1ccccc1. The Bertz CT molecular complexity index is 1320. The smallest absolute Gasteiger partial charge is 0.325 e. The molecule has 1 aliphatic rings. The number of nitrogens with one attached hydrogen (secondary N) is 3. The summed E-state index contributed by atoms with van der Waals surface area (Å²) in [6, 6.07) is 11.2. The molecule has 1 saturated carbocycles. The molecule has 3 aromatic rings. The molecule has 3 amide bonds. The van der Waals surface area contributed by atoms with Gasteiger partial charge in [-0.25, -0.2) is 4.79 Å². The van der Waals surface area contributed by atoms with Crippen molar-refractivity contribution < 1.29 is 32.0 Å². The molecule has 12 heteroatoms. The monoisotopic (exact) mass is 573 g/mol. The summed E-state index contributed by atoms with van der Waals surface area (Å²) in [7, 11) is 4.12. The van der Waals surface area contributed by atoms with Gasteiger partial charge in [-0.15, -0.1) is 0 Å². The molecule has 1 fully saturated rings. The van der Waals surface area contributed by atoms with E-state index in [0.29, 0.717) is 12.3 Å². The van der Waals surface area contributed by atoms with Crippen molar-refractivity contribution >= 4 is 29.2 Å². The lowest BCUT2D eigenvalue weighted by atomic mass is 9.86. The quantitative estimate of drug-likeness (QED) is 0.271. The van der Waals surface area contributed by atoms with E-state index in [9.17, 15) is 22.8 Å². The number of rotatable bonds is 9. The molecule has 0 spiro atoms. The molecule has 1 aromatic heterocycles. The minimum Gasteiger partial charge on any atom is -0.325 e. The number of aromatic nitrogens is 2. The van der Waals surface area contributed by atoms with E-state index in [0.717, 1.165) is 49.9 Å². The van der Waals surface area contributed by atoms with Crippen LogP contribution in [0.5, 0.6) is 0 Å². The van der Waals surface area contributed by atoms with Crippen molar-refractivity contribution in [3.8, 4) is 0 Å². The predicted octanol–water partition coefficient (Wildman–Crippen LogP) is 6.05. The lowest BCUT2D eigenvalue weighted by Gasteiger charge is -2.26. The number of carbonyl (C=O) groups is 2. The Hall–Kier alpha value is -3.93. The Kier molecular flexibility index (Phi) is 9.64. The van der Waals surface area contributed by atoms with Gasteiger partial charge in [0.25, 0.3) is 6.20 Å². The molecular formula is C29H36F3N6O3+. The summed E-state index contributed by atoms with van der Waals surface area (Å²) < 4.78 is 47.9. The Morgan fingerprint density at radius 1 is 1.02 bits per heavy atom. The van der Waals surface area contributed by atoms with Gasteiger partial charge in [-0.05, 0) is 67.7 Å². The average Bonchev–Trinajstić information content (AvgIpc) is 3.37. The zero-order chi connectivity index (χ0) is 29.6. The first-order valence-corrected chi connectivity index (χ1v) is 13.7. The van der Waals surface area contributed by atoms with Gasteiger partial charge in [-0.1, -0.05) is 37.3 Å². The van der Waals surface area contributed by atoms with Crippen molar-refractivity contribution in [2.75, 3.05) is 36.6 Å². The van der Waals surface area contributed by atoms with Crippen molar-refractivity contribution in [2.45, 2.75) is 57.2 Å². The summed E-state index contributed by atoms with van der Waals surface area (Å²) in [5.74, 6) is -0.306. The van der Waals surface area contributed by atoms with E-state index >= 15 is 0 Å². The summed E-state index contributed by atoms with van der Waals surface area (Å²) in [6.07, 6.45) is 1.32. The molecule has 2 aromatic carbocycles. The first-order valence-electron chi connectivity index (χ1n) is 13.7. The fourth-order valence-electron chi connectivity index (χ4n) is 5.29. The summed E-state index contributed by atoms with van der Waals surface area (Å²) in [6.45, 7) is 2.86. The topological polar surface area (TPSA) is 103 Å². The first kappa shape index (κ1) is 30.0. The van der Waals surface area contributed by atoms with E-state index in [1.807, 2.05) is 13.0 Å². The highest BCUT2D eigenvalue weighted by Crippen LogP contribution is 2.34. The van der Waals surface area contributed by atoms with Crippen LogP contribution < -0.4 is 20.6 Å². The van der Waals surface area contributed by atoms with E-state index in [4.69, 9.17) is 4.52 Å². The number of amides is 3. The number of nitrogens with zero attached hydrogens (tertiary/aromatic N) is 3. The molecular weight excluding hydrogens is 537 g/mol. The van der Waals surface area contributed by atoms with Gasteiger partial charge in [0, 0.05) is 30.8 Å². The van der Waals surface area contributed by atoms with E-state index in [2.05, 4.69) is 40.2 Å². The van der Waals surface area contributed by atoms with Crippen LogP contribution in [0.25, 0.3) is 0 Å². The van der Waals surface area contributed by atoms with Crippen LogP contribution in [0.1, 0.15) is 62.1 Å². The Balaban J connectivity index is 1.41. The molecule has 1 atom stereocenters. The number of benzene rings is 2. The molecule has 1 heterocycles. The molecule has 1 aliphatic carbocycles. The van der Waals surface area contributed by atoms with Crippen LogP contribution in [0.15, 0.2) is 59.3 Å². The van der Waals surface area contributed by atoms with Crippen molar-refractivity contribution in [2.24, 2.45) is 5.92 Å². The van der Waals surface area contributed by atoms with Gasteiger partial charge in [-0.3, -0.25) is 14.6 Å². The first-order chi connectivity index (χ1) is 19.5. The molecule has 4 rings (SSSR count). The molecule has 9 nitrogen and oxygen atoms in total. The van der Waals surface area contributed by atoms with E-state index < -0.39 is 29.6 Å². The van der Waals surface area contributed by atoms with Crippen LogP contribution in [-0.2, 0) is 11.0 Å². The fraction of sp³-hybridized carbons (Fsp3) is 0.448. The molecule has 3 N–H and O–H groups in total. The predicted molar refractivity (Wildman–Crippen MR) is 148 cm³/mol. The third-order valence-corrected chi connectivity index (χ3v) is 7.25. The summed E-state index contributed by atoms with van der Waals surface area (Å²) >= 11 is 0. The standard InChI is InChI=1S/C29H35F3N6O3/c1-4-25(20-8-6-5-7-9-20)27(39)33-22-14-21(29(30,31)32)15-23(16-22)34-28(40)35-26-18-38(36-41-26)24-12-10-19(11-13-24)17-37(2)3/h5-9,14-16,18-19,24-25H,4,10-13,17H2,1-3H3,(H2-,33,34,35,36,39,40)/p+1. The van der Waals surface area contributed by atoms with Gasteiger partial charge in [0.05, 0.1) is 11.5 Å². The van der Waals surface area contributed by atoms with Gasteiger partial charge >= 0.3 is 18.1 Å². The molecule has 1 unspecified atom stereocenters. The molecule has 220 valence electrons. The van der Waals surface area contributed by atoms with E-state index in [-0.39, 0.29) is 23.3 Å². The zero-order valence-corrected chi connectivity index (χ0v) is 23.4. The van der Waals surface area contributed by atoms with Crippen LogP contribution in [0, 0.1) is 5.92 Å². The number of hydrogen-bond donors (Lipinski definition) is 3. The Labute approximate surface area is 237 Å². The van der Waals surface area contributed by atoms with E-state index in [1.54, 1.807) is 35.1 Å². The summed E-state index contributed by atoms with van der Waals surface area (Å²) in [5.41, 5.74) is -0.493. The number of alkyl halides is 3. The van der Waals surface area contributed by atoms with Gasteiger partial charge in [0.15, 0.2) is 6.04 Å². The van der Waals surface area contributed by atoms with Crippen LogP contribution in [0.2, 0.25) is 0 Å². The van der Waals surface area contributed by atoms with Gasteiger partial charge in [-0.2, -0.15) is 13.2 Å². The van der Waals surface area contributed by atoms with Crippen molar-refractivity contribution in [1.82, 2.24) is 10.2 Å². The number of carbonyl (C=O) groups excluding carboxylic acids is 2. The molecule has 0 bridgehead atoms. The second-order valence-corrected chi connectivity index (χ2v) is 10.7. The third kappa shape index (κ3) is 8.29. The molecule has 0 saturated heterocycles. The highest BCUT2D eigenvalue weighted by Gasteiger charge is 2.33. The largest absolute Gasteiger partial charge is 0.416 e. The summed E-state index contributed by atoms with van der Waals surface area (Å²) in [5, 5.41) is 11.5. The van der Waals surface area contributed by atoms with Crippen molar-refractivity contribution in [3.05, 3.63) is 65.9 Å². The van der Waals surface area contributed by atoms with Gasteiger partial charge in [0.1, 0.15) is 0 Å². The average molecular weight is 574 g/mol. The van der Waals surface area contributed by atoms with Gasteiger partial charge in [0.2, 0.25) is 11.2 Å². The third-order valence-electron chi connectivity index (χ3n) is 7.25. The highest BCUT2D eigenvalue weighted by atomic mass is 19.4. The fourth-order valence-corrected chi connectivity index (χ4v) is 5.29. The second-order valence-electron chi connectivity index (χ2n) is 10.7. The van der Waals surface area contributed by atoms with Crippen molar-refractivity contribution in [3.63, 3.8) is 0 Å².